The van der Waals surface area contributed by atoms with Crippen LogP contribution >= 0.6 is 0 Å². The molecule has 0 aliphatic heterocycles. The Balaban J connectivity index is 0.00000324. The van der Waals surface area contributed by atoms with E-state index in [1.54, 1.807) is 27.3 Å². The fourth-order valence-corrected chi connectivity index (χ4v) is 1.37. The van der Waals surface area contributed by atoms with Crippen molar-refractivity contribution in [2.75, 3.05) is 21.3 Å². The van der Waals surface area contributed by atoms with Crippen molar-refractivity contribution in [2.24, 2.45) is 16.6 Å². The van der Waals surface area contributed by atoms with Gasteiger partial charge >= 0.3 is 0 Å². The highest BCUT2D eigenvalue weighted by molar-refractivity contribution is 5.77. The summed E-state index contributed by atoms with van der Waals surface area (Å²) >= 11 is 0. The molecule has 18 heavy (non-hydrogen) atoms. The lowest BCUT2D eigenvalue weighted by Crippen LogP contribution is -2.47. The Morgan fingerprint density at radius 3 is 2.72 bits per heavy atom. The molecule has 1 aromatic rings. The van der Waals surface area contributed by atoms with Crippen LogP contribution in [0.4, 0.5) is 0 Å². The number of nitrogens with two attached hydrogens (primary N) is 2. The van der Waals surface area contributed by atoms with E-state index in [1.807, 2.05) is 12.1 Å². The Labute approximate surface area is 108 Å². The highest BCUT2D eigenvalue weighted by Crippen LogP contribution is 2.24. The van der Waals surface area contributed by atoms with Gasteiger partial charge in [-0.15, -0.1) is 0 Å². The van der Waals surface area contributed by atoms with Crippen molar-refractivity contribution in [1.82, 2.24) is 10.5 Å². The third-order valence-corrected chi connectivity index (χ3v) is 2.20. The van der Waals surface area contributed by atoms with E-state index in [1.165, 1.54) is 5.12 Å². The second kappa shape index (κ2) is 6.67. The van der Waals surface area contributed by atoms with Gasteiger partial charge in [0.1, 0.15) is 11.5 Å². The Morgan fingerprint density at radius 1 is 1.44 bits per heavy atom. The summed E-state index contributed by atoms with van der Waals surface area (Å²) in [6.07, 6.45) is 0. The molecule has 0 radical (unpaired) electrons. The van der Waals surface area contributed by atoms with Crippen LogP contribution in [0, 0.1) is 0 Å². The first-order valence-corrected chi connectivity index (χ1v) is 5.32. The minimum absolute atomic E-state index is 0. The summed E-state index contributed by atoms with van der Waals surface area (Å²) in [5.74, 6) is 7.04. The number of hydrogen-bond acceptors (Lipinski definition) is 5. The number of nitrogens with one attached hydrogen (secondary N) is 1. The minimum atomic E-state index is 0. The van der Waals surface area contributed by atoms with Crippen molar-refractivity contribution in [1.29, 1.82) is 0 Å². The molecule has 0 amide bonds. The first kappa shape index (κ1) is 14.1. The van der Waals surface area contributed by atoms with Crippen molar-refractivity contribution < 1.29 is 10.9 Å². The lowest BCUT2D eigenvalue weighted by Gasteiger charge is -2.12. The molecule has 0 saturated heterocycles. The molecule has 0 spiro atoms. The molecule has 1 aromatic carbocycles. The molecule has 1 rings (SSSR count). The average molecular weight is 255 g/mol. The topological polar surface area (TPSA) is 98.1 Å². The third kappa shape index (κ3) is 4.11. The van der Waals surface area contributed by atoms with Crippen molar-refractivity contribution in [3.05, 3.63) is 23.8 Å². The van der Waals surface area contributed by atoms with Crippen LogP contribution in [0.5, 0.6) is 11.5 Å². The molecule has 0 fully saturated rings. The third-order valence-electron chi connectivity index (χ3n) is 2.20. The van der Waals surface area contributed by atoms with Crippen molar-refractivity contribution >= 4 is 5.96 Å². The molecule has 7 heteroatoms. The molecule has 7 nitrogen and oxygen atoms in total. The number of ether oxygens (including phenoxy) is 2. The zero-order valence-electron chi connectivity index (χ0n) is 10.8. The van der Waals surface area contributed by atoms with Gasteiger partial charge in [-0.25, -0.2) is 4.99 Å². The minimum Gasteiger partial charge on any atom is -0.497 e. The van der Waals surface area contributed by atoms with E-state index in [-0.39, 0.29) is 7.39 Å². The zero-order chi connectivity index (χ0) is 13.5. The number of nitrogens with zero attached hydrogens (tertiary/aromatic N) is 2. The van der Waals surface area contributed by atoms with E-state index in [4.69, 9.17) is 21.1 Å². The number of aliphatic imine (C=N–C) groups is 1. The molecule has 0 atom stereocenters. The molecular weight excluding hydrogens is 234 g/mol. The van der Waals surface area contributed by atoms with E-state index < -0.39 is 0 Å². The van der Waals surface area contributed by atoms with Gasteiger partial charge < -0.3 is 15.2 Å². The number of rotatable bonds is 5. The van der Waals surface area contributed by atoms with Crippen LogP contribution in [0.15, 0.2) is 23.2 Å². The lowest BCUT2D eigenvalue weighted by atomic mass is 10.2. The quantitative estimate of drug-likeness (QED) is 0.298. The molecule has 0 saturated carbocycles. The van der Waals surface area contributed by atoms with Crippen LogP contribution in [0.2, 0.25) is 0 Å². The van der Waals surface area contributed by atoms with Crippen molar-refractivity contribution in [3.63, 3.8) is 0 Å². The van der Waals surface area contributed by atoms with Gasteiger partial charge in [0.05, 0.1) is 20.8 Å². The molecule has 5 N–H and O–H groups in total. The fourth-order valence-electron chi connectivity index (χ4n) is 1.37. The van der Waals surface area contributed by atoms with Gasteiger partial charge in [-0.1, -0.05) is 0 Å². The lowest BCUT2D eigenvalue weighted by molar-refractivity contribution is 0.302. The van der Waals surface area contributed by atoms with Crippen molar-refractivity contribution in [3.8, 4) is 11.5 Å². The maximum Gasteiger partial charge on any atom is 0.204 e. The number of methoxy groups -OCH3 is 2. The van der Waals surface area contributed by atoms with Gasteiger partial charge in [-0.3, -0.25) is 11.3 Å². The summed E-state index contributed by atoms with van der Waals surface area (Å²) in [5.41, 5.74) is 9.17. The maximum absolute atomic E-state index is 5.62. The van der Waals surface area contributed by atoms with Crippen LogP contribution in [-0.4, -0.2) is 32.3 Å². The zero-order valence-corrected chi connectivity index (χ0v) is 10.8. The summed E-state index contributed by atoms with van der Waals surface area (Å²) < 4.78 is 10.4. The predicted molar refractivity (Wildman–Crippen MR) is 72.1 cm³/mol. The SMILES string of the molecule is COc1ccc(CN=C(N)NN(C)N)c(OC)c1.[HH]. The monoisotopic (exact) mass is 255 g/mol. The summed E-state index contributed by atoms with van der Waals surface area (Å²) in [5, 5.41) is 1.23. The summed E-state index contributed by atoms with van der Waals surface area (Å²) in [6.45, 7) is 0.389. The van der Waals surface area contributed by atoms with Crippen LogP contribution in [-0.2, 0) is 6.54 Å². The normalized spacial score (nSPS) is 11.5. The first-order valence-electron chi connectivity index (χ1n) is 5.32. The Kier molecular flexibility index (Phi) is 5.22. The number of hydrogen-bond donors (Lipinski definition) is 3. The highest BCUT2D eigenvalue weighted by atomic mass is 16.5. The van der Waals surface area contributed by atoms with Crippen LogP contribution in [0.3, 0.4) is 0 Å². The van der Waals surface area contributed by atoms with Crippen LogP contribution < -0.4 is 26.5 Å². The number of hydrazine groups is 2. The predicted octanol–water partition coefficient (Wildman–Crippen LogP) is 0.0746. The van der Waals surface area contributed by atoms with Gasteiger partial charge in [-0.05, 0) is 12.1 Å². The van der Waals surface area contributed by atoms with Crippen molar-refractivity contribution in [2.45, 2.75) is 6.54 Å². The number of guanidine groups is 1. The van der Waals surface area contributed by atoms with Gasteiger partial charge in [0.15, 0.2) is 0 Å². The maximum atomic E-state index is 5.62. The summed E-state index contributed by atoms with van der Waals surface area (Å²) in [6, 6.07) is 5.51. The largest absolute Gasteiger partial charge is 0.497 e. The Morgan fingerprint density at radius 2 is 2.17 bits per heavy atom. The summed E-state index contributed by atoms with van der Waals surface area (Å²) in [7, 11) is 4.82. The summed E-state index contributed by atoms with van der Waals surface area (Å²) in [4.78, 5) is 4.14. The van der Waals surface area contributed by atoms with E-state index in [0.717, 1.165) is 11.3 Å². The van der Waals surface area contributed by atoms with Gasteiger partial charge in [-0.2, -0.15) is 5.12 Å². The standard InChI is InChI=1S/C11H19N5O2.H2/c1-16(13)15-11(12)14-7-8-4-5-9(17-2)6-10(8)18-3;/h4-6H,7,13H2,1-3H3,(H3,12,14,15);1H. The van der Waals surface area contributed by atoms with Gasteiger partial charge in [0.2, 0.25) is 5.96 Å². The van der Waals surface area contributed by atoms with E-state index in [2.05, 4.69) is 10.4 Å². The molecule has 0 bridgehead atoms. The van der Waals surface area contributed by atoms with Gasteiger partial charge in [0, 0.05) is 20.1 Å². The van der Waals surface area contributed by atoms with Crippen LogP contribution in [0.25, 0.3) is 0 Å². The molecule has 0 unspecified atom stereocenters. The van der Waals surface area contributed by atoms with E-state index in [0.29, 0.717) is 12.3 Å². The Bertz CT molecular complexity index is 426. The second-order valence-electron chi connectivity index (χ2n) is 3.60. The smallest absolute Gasteiger partial charge is 0.204 e. The number of benzene rings is 1. The molecular formula is C11H21N5O2. The highest BCUT2D eigenvalue weighted by Gasteiger charge is 2.04. The molecule has 0 aliphatic carbocycles. The molecule has 0 aliphatic rings. The van der Waals surface area contributed by atoms with Gasteiger partial charge in [0.25, 0.3) is 0 Å². The van der Waals surface area contributed by atoms with Crippen LogP contribution in [0.1, 0.15) is 6.99 Å². The molecule has 0 heterocycles. The Hall–Kier alpha value is -1.99. The first-order chi connectivity index (χ1) is 8.56. The van der Waals surface area contributed by atoms with E-state index in [9.17, 15) is 0 Å². The van der Waals surface area contributed by atoms with E-state index >= 15 is 0 Å². The average Bonchev–Trinajstić information content (AvgIpc) is 2.35. The second-order valence-corrected chi connectivity index (χ2v) is 3.60. The molecule has 0 aromatic heterocycles. The molecule has 102 valence electrons. The fraction of sp³-hybridized carbons (Fsp3) is 0.364.